The molecule has 0 radical (unpaired) electrons. The number of ether oxygens (including phenoxy) is 1. The summed E-state index contributed by atoms with van der Waals surface area (Å²) < 4.78 is 5.99. The van der Waals surface area contributed by atoms with Crippen LogP contribution in [0.25, 0.3) is 0 Å². The zero-order chi connectivity index (χ0) is 27.6. The SMILES string of the molecule is CC(C)(Cc1ccc(OC/C(C(=N)c2c(Cl)cccc2Cl)=C(/O)C2CC2)cc1Cl)c1cccc(C(=O)O)c1. The van der Waals surface area contributed by atoms with Gasteiger partial charge in [0.1, 0.15) is 18.1 Å². The van der Waals surface area contributed by atoms with Gasteiger partial charge in [-0.2, -0.15) is 0 Å². The van der Waals surface area contributed by atoms with E-state index < -0.39 is 5.97 Å². The highest BCUT2D eigenvalue weighted by Gasteiger charge is 2.31. The number of carboxylic acids is 1. The van der Waals surface area contributed by atoms with Crippen LogP contribution in [0, 0.1) is 11.3 Å². The van der Waals surface area contributed by atoms with Gasteiger partial charge >= 0.3 is 5.97 Å². The van der Waals surface area contributed by atoms with E-state index in [0.29, 0.717) is 38.4 Å². The third-order valence-corrected chi connectivity index (χ3v) is 7.70. The Hall–Kier alpha value is -2.99. The minimum Gasteiger partial charge on any atom is -0.512 e. The van der Waals surface area contributed by atoms with Crippen LogP contribution in [0.5, 0.6) is 5.75 Å². The van der Waals surface area contributed by atoms with Crippen molar-refractivity contribution in [1.29, 1.82) is 5.41 Å². The van der Waals surface area contributed by atoms with E-state index in [1.807, 2.05) is 26.0 Å². The molecular formula is C30H28Cl3NO4. The van der Waals surface area contributed by atoms with Gasteiger partial charge in [-0.25, -0.2) is 4.79 Å². The number of carbonyl (C=O) groups is 1. The lowest BCUT2D eigenvalue weighted by Gasteiger charge is -2.26. The lowest BCUT2D eigenvalue weighted by Crippen LogP contribution is -2.21. The van der Waals surface area contributed by atoms with Gasteiger partial charge in [0.25, 0.3) is 0 Å². The van der Waals surface area contributed by atoms with Gasteiger partial charge in [-0.15, -0.1) is 0 Å². The molecule has 0 aliphatic heterocycles. The van der Waals surface area contributed by atoms with Crippen LogP contribution in [0.15, 0.2) is 72.0 Å². The molecule has 198 valence electrons. The van der Waals surface area contributed by atoms with E-state index in [2.05, 4.69) is 0 Å². The fraction of sp³-hybridized carbons (Fsp3) is 0.267. The number of aliphatic hydroxyl groups excluding tert-OH is 1. The molecule has 0 atom stereocenters. The molecule has 0 amide bonds. The normalized spacial score (nSPS) is 14.1. The lowest BCUT2D eigenvalue weighted by atomic mass is 9.78. The molecule has 5 nitrogen and oxygen atoms in total. The number of aromatic carboxylic acids is 1. The van der Waals surface area contributed by atoms with E-state index in [1.165, 1.54) is 0 Å². The molecule has 3 aromatic carbocycles. The van der Waals surface area contributed by atoms with Crippen molar-refractivity contribution < 1.29 is 19.7 Å². The van der Waals surface area contributed by atoms with Gasteiger partial charge in [0.05, 0.1) is 26.9 Å². The largest absolute Gasteiger partial charge is 0.512 e. The summed E-state index contributed by atoms with van der Waals surface area (Å²) in [7, 11) is 0. The van der Waals surface area contributed by atoms with Crippen molar-refractivity contribution in [3.63, 3.8) is 0 Å². The molecule has 1 aliphatic carbocycles. The Morgan fingerprint density at radius 3 is 2.24 bits per heavy atom. The Kier molecular flexibility index (Phi) is 8.41. The second-order valence-corrected chi connectivity index (χ2v) is 11.3. The average molecular weight is 573 g/mol. The van der Waals surface area contributed by atoms with Gasteiger partial charge in [-0.3, -0.25) is 5.41 Å². The first-order chi connectivity index (χ1) is 18.0. The van der Waals surface area contributed by atoms with Crippen LogP contribution in [0.3, 0.4) is 0 Å². The van der Waals surface area contributed by atoms with E-state index in [0.717, 1.165) is 24.0 Å². The molecule has 0 saturated heterocycles. The molecule has 0 bridgehead atoms. The molecule has 4 rings (SSSR count). The summed E-state index contributed by atoms with van der Waals surface area (Å²) in [5.74, 6) is -0.348. The zero-order valence-electron chi connectivity index (χ0n) is 21.0. The van der Waals surface area contributed by atoms with Gasteiger partial charge in [0.2, 0.25) is 0 Å². The molecule has 1 aliphatic rings. The highest BCUT2D eigenvalue weighted by atomic mass is 35.5. The van der Waals surface area contributed by atoms with Gasteiger partial charge in [-0.1, -0.05) is 72.9 Å². The summed E-state index contributed by atoms with van der Waals surface area (Å²) in [5, 5.41) is 30.1. The summed E-state index contributed by atoms with van der Waals surface area (Å²) in [4.78, 5) is 11.4. The topological polar surface area (TPSA) is 90.6 Å². The van der Waals surface area contributed by atoms with Crippen LogP contribution < -0.4 is 4.74 Å². The van der Waals surface area contributed by atoms with Crippen molar-refractivity contribution in [1.82, 2.24) is 0 Å². The smallest absolute Gasteiger partial charge is 0.335 e. The van der Waals surface area contributed by atoms with Crippen LogP contribution in [-0.4, -0.2) is 28.5 Å². The molecule has 1 fully saturated rings. The van der Waals surface area contributed by atoms with Gasteiger partial charge in [-0.05, 0) is 72.2 Å². The third kappa shape index (κ3) is 6.35. The van der Waals surface area contributed by atoms with Gasteiger partial charge < -0.3 is 14.9 Å². The van der Waals surface area contributed by atoms with E-state index in [9.17, 15) is 15.0 Å². The lowest BCUT2D eigenvalue weighted by molar-refractivity contribution is 0.0696. The first kappa shape index (κ1) is 28.0. The van der Waals surface area contributed by atoms with Crippen molar-refractivity contribution >= 4 is 46.5 Å². The quantitative estimate of drug-likeness (QED) is 0.168. The maximum absolute atomic E-state index is 11.4. The van der Waals surface area contributed by atoms with Crippen LogP contribution in [-0.2, 0) is 11.8 Å². The minimum absolute atomic E-state index is 0.00281. The summed E-state index contributed by atoms with van der Waals surface area (Å²) in [6.07, 6.45) is 2.29. The monoisotopic (exact) mass is 571 g/mol. The molecule has 38 heavy (non-hydrogen) atoms. The molecule has 0 unspecified atom stereocenters. The molecular weight excluding hydrogens is 545 g/mol. The summed E-state index contributed by atoms with van der Waals surface area (Å²) in [5.41, 5.74) is 2.37. The Morgan fingerprint density at radius 2 is 1.63 bits per heavy atom. The van der Waals surface area contributed by atoms with Crippen molar-refractivity contribution in [3.8, 4) is 5.75 Å². The Balaban J connectivity index is 1.52. The molecule has 3 aromatic rings. The molecule has 8 heteroatoms. The number of rotatable bonds is 10. The Labute approximate surface area is 237 Å². The number of hydrogen-bond acceptors (Lipinski definition) is 4. The van der Waals surface area contributed by atoms with Crippen LogP contribution in [0.2, 0.25) is 15.1 Å². The van der Waals surface area contributed by atoms with E-state index in [4.69, 9.17) is 44.9 Å². The number of carboxylic acid groups (broad SMARTS) is 1. The maximum Gasteiger partial charge on any atom is 0.335 e. The molecule has 1 saturated carbocycles. The Morgan fingerprint density at radius 1 is 0.974 bits per heavy atom. The standard InChI is InChI=1S/C30H28Cl3NO4/c1-30(2,20-6-3-5-18(13-20)29(36)37)15-19-11-12-21(14-25(19)33)38-16-22(28(35)17-9-10-17)27(34)26-23(31)7-4-8-24(26)32/h3-8,11-14,17,34-35H,9-10,15-16H2,1-2H3,(H,36,37)/b28-22-,34-27?. The third-order valence-electron chi connectivity index (χ3n) is 6.72. The fourth-order valence-corrected chi connectivity index (χ4v) is 5.16. The first-order valence-corrected chi connectivity index (χ1v) is 13.3. The number of aliphatic hydroxyl groups is 1. The fourth-order valence-electron chi connectivity index (χ4n) is 4.33. The number of hydrogen-bond donors (Lipinski definition) is 3. The van der Waals surface area contributed by atoms with Crippen molar-refractivity contribution in [2.24, 2.45) is 5.92 Å². The van der Waals surface area contributed by atoms with Crippen LogP contribution in [0.1, 0.15) is 53.7 Å². The van der Waals surface area contributed by atoms with Crippen molar-refractivity contribution in [2.45, 2.75) is 38.5 Å². The molecule has 0 spiro atoms. The first-order valence-electron chi connectivity index (χ1n) is 12.2. The van der Waals surface area contributed by atoms with Crippen LogP contribution in [0.4, 0.5) is 0 Å². The van der Waals surface area contributed by atoms with Gasteiger partial charge in [0, 0.05) is 16.5 Å². The number of halogens is 3. The van der Waals surface area contributed by atoms with Crippen molar-refractivity contribution in [2.75, 3.05) is 6.61 Å². The van der Waals surface area contributed by atoms with Crippen molar-refractivity contribution in [3.05, 3.63) is 109 Å². The number of nitrogens with one attached hydrogen (secondary N) is 1. The predicted molar refractivity (Wildman–Crippen MR) is 153 cm³/mol. The van der Waals surface area contributed by atoms with Gasteiger partial charge in [0.15, 0.2) is 0 Å². The highest BCUT2D eigenvalue weighted by Crippen LogP contribution is 2.39. The summed E-state index contributed by atoms with van der Waals surface area (Å²) >= 11 is 19.3. The number of allylic oxidation sites excluding steroid dienone is 1. The zero-order valence-corrected chi connectivity index (χ0v) is 23.3. The second-order valence-electron chi connectivity index (χ2n) is 10.1. The van der Waals surface area contributed by atoms with Crippen LogP contribution >= 0.6 is 34.8 Å². The molecule has 0 aromatic heterocycles. The van der Waals surface area contributed by atoms with E-state index in [1.54, 1.807) is 48.5 Å². The van der Waals surface area contributed by atoms with E-state index in [-0.39, 0.29) is 35.0 Å². The van der Waals surface area contributed by atoms with E-state index >= 15 is 0 Å². The summed E-state index contributed by atoms with van der Waals surface area (Å²) in [6.45, 7) is 4.03. The summed E-state index contributed by atoms with van der Waals surface area (Å²) in [6, 6.07) is 17.3. The predicted octanol–water partition coefficient (Wildman–Crippen LogP) is 8.53. The Bertz CT molecular complexity index is 1410. The maximum atomic E-state index is 11.4. The minimum atomic E-state index is -0.965. The second kappa shape index (κ2) is 11.4. The molecule has 3 N–H and O–H groups in total. The molecule has 0 heterocycles. The highest BCUT2D eigenvalue weighted by molar-refractivity contribution is 6.41. The number of benzene rings is 3. The average Bonchev–Trinajstić information content (AvgIpc) is 3.71.